The van der Waals surface area contributed by atoms with Gasteiger partial charge in [0.15, 0.2) is 5.96 Å². The van der Waals surface area contributed by atoms with Gasteiger partial charge in [0.2, 0.25) is 0 Å². The zero-order valence-corrected chi connectivity index (χ0v) is 20.7. The van der Waals surface area contributed by atoms with Gasteiger partial charge in [-0.25, -0.2) is 9.38 Å². The van der Waals surface area contributed by atoms with E-state index in [0.717, 1.165) is 49.7 Å². The second-order valence-corrected chi connectivity index (χ2v) is 7.59. The first-order valence-corrected chi connectivity index (χ1v) is 10.6. The van der Waals surface area contributed by atoms with Gasteiger partial charge in [0.1, 0.15) is 5.82 Å². The third kappa shape index (κ3) is 8.74. The van der Waals surface area contributed by atoms with Gasteiger partial charge in [-0.1, -0.05) is 36.4 Å². The summed E-state index contributed by atoms with van der Waals surface area (Å²) < 4.78 is 24.5. The second-order valence-electron chi connectivity index (χ2n) is 7.59. The van der Waals surface area contributed by atoms with Crippen molar-refractivity contribution in [1.29, 1.82) is 0 Å². The van der Waals surface area contributed by atoms with Gasteiger partial charge >= 0.3 is 0 Å². The largest absolute Gasteiger partial charge is 0.381 e. The molecule has 1 fully saturated rings. The van der Waals surface area contributed by atoms with Crippen LogP contribution in [0.5, 0.6) is 0 Å². The lowest BCUT2D eigenvalue weighted by molar-refractivity contribution is -0.0390. The molecule has 5 nitrogen and oxygen atoms in total. The second kappa shape index (κ2) is 13.6. The maximum atomic E-state index is 13.1. The van der Waals surface area contributed by atoms with Crippen LogP contribution in [0.2, 0.25) is 0 Å². The molecule has 1 aliphatic heterocycles. The lowest BCUT2D eigenvalue weighted by atomic mass is 10.1. The van der Waals surface area contributed by atoms with E-state index in [4.69, 9.17) is 14.5 Å². The van der Waals surface area contributed by atoms with E-state index >= 15 is 0 Å². The highest BCUT2D eigenvalue weighted by Crippen LogP contribution is 2.14. The molecule has 1 heterocycles. The molecule has 7 heteroatoms. The fraction of sp³-hybridized carbons (Fsp3) is 0.458. The van der Waals surface area contributed by atoms with Crippen molar-refractivity contribution < 1.29 is 13.9 Å². The molecule has 1 saturated heterocycles. The number of hydrogen-bond acceptors (Lipinski definition) is 3. The minimum absolute atomic E-state index is 0. The number of nitrogens with zero attached hydrogens (tertiary/aromatic N) is 2. The maximum Gasteiger partial charge on any atom is 0.194 e. The van der Waals surface area contributed by atoms with Crippen LogP contribution in [0.3, 0.4) is 0 Å². The van der Waals surface area contributed by atoms with Gasteiger partial charge in [0, 0.05) is 33.4 Å². The van der Waals surface area contributed by atoms with Crippen LogP contribution in [-0.2, 0) is 29.2 Å². The van der Waals surface area contributed by atoms with Crippen molar-refractivity contribution in [2.75, 3.05) is 26.8 Å². The number of benzene rings is 2. The van der Waals surface area contributed by atoms with Crippen molar-refractivity contribution in [3.8, 4) is 0 Å². The molecule has 31 heavy (non-hydrogen) atoms. The zero-order valence-electron chi connectivity index (χ0n) is 18.4. The number of aliphatic imine (C=N–C) groups is 1. The Hall–Kier alpha value is -1.71. The molecule has 2 aromatic rings. The van der Waals surface area contributed by atoms with Gasteiger partial charge in [-0.2, -0.15) is 0 Å². The molecule has 2 aromatic carbocycles. The van der Waals surface area contributed by atoms with E-state index < -0.39 is 0 Å². The van der Waals surface area contributed by atoms with Gasteiger partial charge in [0.05, 0.1) is 19.3 Å². The fourth-order valence-electron chi connectivity index (χ4n) is 3.37. The standard InChI is InChI=1S/C24H32FN3O2.HI/c1-3-26-24(28(2)17-20-8-10-22(25)11-9-20)27-16-19-4-6-21(7-5-19)18-30-23-12-14-29-15-13-23;/h4-11,23H,3,12-18H2,1-2H3,(H,26,27);1H. The summed E-state index contributed by atoms with van der Waals surface area (Å²) in [7, 11) is 1.99. The van der Waals surface area contributed by atoms with Gasteiger partial charge in [-0.05, 0) is 48.6 Å². The molecule has 0 saturated carbocycles. The van der Waals surface area contributed by atoms with E-state index in [9.17, 15) is 4.39 Å². The van der Waals surface area contributed by atoms with E-state index in [1.807, 2.05) is 11.9 Å². The highest BCUT2D eigenvalue weighted by atomic mass is 127. The van der Waals surface area contributed by atoms with E-state index in [1.165, 1.54) is 17.7 Å². The Labute approximate surface area is 202 Å². The van der Waals surface area contributed by atoms with Crippen molar-refractivity contribution in [3.05, 3.63) is 71.0 Å². The summed E-state index contributed by atoms with van der Waals surface area (Å²) in [4.78, 5) is 6.81. The first-order chi connectivity index (χ1) is 14.6. The Balaban J connectivity index is 0.00000341. The molecule has 1 N–H and O–H groups in total. The van der Waals surface area contributed by atoms with Crippen molar-refractivity contribution in [2.45, 2.75) is 45.6 Å². The summed E-state index contributed by atoms with van der Waals surface area (Å²) in [5, 5.41) is 3.32. The number of halogens is 2. The lowest BCUT2D eigenvalue weighted by Crippen LogP contribution is -2.38. The average molecular weight is 541 g/mol. The predicted molar refractivity (Wildman–Crippen MR) is 133 cm³/mol. The summed E-state index contributed by atoms with van der Waals surface area (Å²) in [6, 6.07) is 15.0. The van der Waals surface area contributed by atoms with Crippen molar-refractivity contribution in [1.82, 2.24) is 10.2 Å². The molecule has 0 aliphatic carbocycles. The predicted octanol–water partition coefficient (Wildman–Crippen LogP) is 4.74. The first-order valence-electron chi connectivity index (χ1n) is 10.6. The normalized spacial score (nSPS) is 14.7. The SMILES string of the molecule is CCNC(=NCc1ccc(COC2CCOCC2)cc1)N(C)Cc1ccc(F)cc1.I. The van der Waals surface area contributed by atoms with Gasteiger partial charge in [-0.15, -0.1) is 24.0 Å². The van der Waals surface area contributed by atoms with Crippen LogP contribution < -0.4 is 5.32 Å². The Morgan fingerprint density at radius 1 is 1.06 bits per heavy atom. The minimum atomic E-state index is -0.219. The van der Waals surface area contributed by atoms with Gasteiger partial charge in [0.25, 0.3) is 0 Å². The molecule has 0 spiro atoms. The van der Waals surface area contributed by atoms with Crippen molar-refractivity contribution in [2.24, 2.45) is 4.99 Å². The number of nitrogens with one attached hydrogen (secondary N) is 1. The molecule has 0 amide bonds. The Bertz CT molecular complexity index is 793. The number of rotatable bonds is 8. The van der Waals surface area contributed by atoms with Crippen LogP contribution in [0.25, 0.3) is 0 Å². The van der Waals surface area contributed by atoms with E-state index in [1.54, 1.807) is 12.1 Å². The lowest BCUT2D eigenvalue weighted by Gasteiger charge is -2.22. The molecule has 0 aromatic heterocycles. The Morgan fingerprint density at radius 2 is 1.68 bits per heavy atom. The summed E-state index contributed by atoms with van der Waals surface area (Å²) >= 11 is 0. The quantitative estimate of drug-likeness (QED) is 0.298. The van der Waals surface area contributed by atoms with Crippen molar-refractivity contribution in [3.63, 3.8) is 0 Å². The van der Waals surface area contributed by atoms with Crippen LogP contribution in [0.15, 0.2) is 53.5 Å². The van der Waals surface area contributed by atoms with E-state index in [-0.39, 0.29) is 29.8 Å². The fourth-order valence-corrected chi connectivity index (χ4v) is 3.37. The van der Waals surface area contributed by atoms with Crippen LogP contribution in [-0.4, -0.2) is 43.8 Å². The summed E-state index contributed by atoms with van der Waals surface area (Å²) in [5.74, 6) is 0.609. The monoisotopic (exact) mass is 541 g/mol. The summed E-state index contributed by atoms with van der Waals surface area (Å²) in [6.45, 7) is 6.32. The highest BCUT2D eigenvalue weighted by molar-refractivity contribution is 14.0. The molecule has 0 atom stereocenters. The molecule has 3 rings (SSSR count). The van der Waals surface area contributed by atoms with Crippen LogP contribution in [0.1, 0.15) is 36.5 Å². The third-order valence-corrected chi connectivity index (χ3v) is 5.12. The summed E-state index contributed by atoms with van der Waals surface area (Å²) in [6.07, 6.45) is 2.26. The smallest absolute Gasteiger partial charge is 0.194 e. The molecule has 0 bridgehead atoms. The zero-order chi connectivity index (χ0) is 21.2. The third-order valence-electron chi connectivity index (χ3n) is 5.12. The minimum Gasteiger partial charge on any atom is -0.381 e. The van der Waals surface area contributed by atoms with Gasteiger partial charge < -0.3 is 19.7 Å². The van der Waals surface area contributed by atoms with E-state index in [0.29, 0.717) is 25.8 Å². The van der Waals surface area contributed by atoms with Crippen LogP contribution in [0.4, 0.5) is 4.39 Å². The number of ether oxygens (including phenoxy) is 2. The first kappa shape index (κ1) is 25.5. The van der Waals surface area contributed by atoms with Crippen molar-refractivity contribution >= 4 is 29.9 Å². The molecular weight excluding hydrogens is 508 g/mol. The highest BCUT2D eigenvalue weighted by Gasteiger charge is 2.14. The summed E-state index contributed by atoms with van der Waals surface area (Å²) in [5.41, 5.74) is 3.36. The van der Waals surface area contributed by atoms with Crippen LogP contribution >= 0.6 is 24.0 Å². The number of hydrogen-bond donors (Lipinski definition) is 1. The van der Waals surface area contributed by atoms with Gasteiger partial charge in [-0.3, -0.25) is 0 Å². The molecule has 170 valence electrons. The average Bonchev–Trinajstić information content (AvgIpc) is 2.78. The van der Waals surface area contributed by atoms with Crippen LogP contribution in [0, 0.1) is 5.82 Å². The Kier molecular flexibility index (Phi) is 11.2. The molecule has 0 unspecified atom stereocenters. The molecular formula is C24H33FIN3O2. The molecule has 1 aliphatic rings. The Morgan fingerprint density at radius 3 is 2.32 bits per heavy atom. The number of guanidine groups is 1. The van der Waals surface area contributed by atoms with E-state index in [2.05, 4.69) is 36.5 Å². The molecule has 0 radical (unpaired) electrons. The maximum absolute atomic E-state index is 13.1. The topological polar surface area (TPSA) is 46.1 Å².